The van der Waals surface area contributed by atoms with Crippen molar-refractivity contribution < 1.29 is 18.9 Å². The molecule has 0 aliphatic rings. The molecule has 1 rings (SSSR count). The van der Waals surface area contributed by atoms with E-state index in [1.165, 1.54) is 32.1 Å². The maximum atomic E-state index is 10.9. The number of para-hydroxylation sites is 1. The van der Waals surface area contributed by atoms with Gasteiger partial charge >= 0.3 is 7.82 Å². The Labute approximate surface area is 138 Å². The van der Waals surface area contributed by atoms with Gasteiger partial charge in [0.2, 0.25) is 0 Å². The summed E-state index contributed by atoms with van der Waals surface area (Å²) in [6.07, 6.45) is 9.32. The van der Waals surface area contributed by atoms with Crippen LogP contribution in [0.4, 0.5) is 0 Å². The zero-order valence-corrected chi connectivity index (χ0v) is 13.0. The summed E-state index contributed by atoms with van der Waals surface area (Å²) in [4.78, 5) is 17.8. The van der Waals surface area contributed by atoms with Gasteiger partial charge in [0.1, 0.15) is 5.75 Å². The van der Waals surface area contributed by atoms with E-state index in [2.05, 4.69) is 6.92 Å². The molecule has 21 heavy (non-hydrogen) atoms. The maximum absolute atomic E-state index is 10.9. The summed E-state index contributed by atoms with van der Waals surface area (Å²) >= 11 is 0. The first-order chi connectivity index (χ1) is 9.53. The van der Waals surface area contributed by atoms with Crippen molar-refractivity contribution in [3.8, 4) is 5.75 Å². The van der Waals surface area contributed by atoms with E-state index < -0.39 is 7.82 Å². The van der Waals surface area contributed by atoms with Crippen molar-refractivity contribution in [3.63, 3.8) is 0 Å². The fraction of sp³-hybridized carbons (Fsp3) is 0.600. The van der Waals surface area contributed by atoms with Crippen LogP contribution < -0.4 is 4.52 Å². The molecule has 0 aromatic heterocycles. The zero-order chi connectivity index (χ0) is 14.8. The first-order valence-electron chi connectivity index (χ1n) is 7.36. The third-order valence-corrected chi connectivity index (χ3v) is 3.67. The highest BCUT2D eigenvalue weighted by Gasteiger charge is 2.17. The van der Waals surface area contributed by atoms with E-state index in [1.807, 2.05) is 12.1 Å². The van der Waals surface area contributed by atoms with Gasteiger partial charge in [-0.3, -0.25) is 9.79 Å². The number of benzene rings is 1. The highest BCUT2D eigenvalue weighted by atomic mass is 31.2. The summed E-state index contributed by atoms with van der Waals surface area (Å²) in [5, 5.41) is 0. The smallest absolute Gasteiger partial charge is 0.404 e. The lowest BCUT2D eigenvalue weighted by atomic mass is 10.0. The Morgan fingerprint density at radius 3 is 2.19 bits per heavy atom. The van der Waals surface area contributed by atoms with Crippen LogP contribution in [0.15, 0.2) is 24.3 Å². The highest BCUT2D eigenvalue weighted by Crippen LogP contribution is 2.39. The molecule has 0 saturated heterocycles. The van der Waals surface area contributed by atoms with Crippen LogP contribution in [0, 0.1) is 0 Å². The van der Waals surface area contributed by atoms with Crippen molar-refractivity contribution in [3.05, 3.63) is 29.8 Å². The van der Waals surface area contributed by atoms with Crippen LogP contribution in [-0.4, -0.2) is 27.1 Å². The van der Waals surface area contributed by atoms with E-state index in [4.69, 9.17) is 14.3 Å². The molecule has 2 N–H and O–H groups in total. The van der Waals surface area contributed by atoms with Crippen LogP contribution in [0.25, 0.3) is 0 Å². The second-order valence-electron chi connectivity index (χ2n) is 5.06. The van der Waals surface area contributed by atoms with Crippen LogP contribution in [0.3, 0.4) is 0 Å². The fourth-order valence-corrected chi connectivity index (χ4v) is 2.63. The molecule has 4 nitrogen and oxygen atoms in total. The fourth-order valence-electron chi connectivity index (χ4n) is 2.20. The van der Waals surface area contributed by atoms with Crippen molar-refractivity contribution in [2.75, 3.05) is 0 Å². The predicted octanol–water partition coefficient (Wildman–Crippen LogP) is 3.27. The van der Waals surface area contributed by atoms with Crippen molar-refractivity contribution in [2.24, 2.45) is 0 Å². The number of phosphoric ester groups is 1. The lowest BCUT2D eigenvalue weighted by molar-refractivity contribution is 0.282. The molecule has 0 aliphatic carbocycles. The average Bonchev–Trinajstić information content (AvgIpc) is 2.38. The molecule has 0 atom stereocenters. The Morgan fingerprint density at radius 2 is 1.57 bits per heavy atom. The van der Waals surface area contributed by atoms with E-state index in [0.29, 0.717) is 5.75 Å². The third-order valence-electron chi connectivity index (χ3n) is 3.24. The predicted molar refractivity (Wildman–Crippen MR) is 90.8 cm³/mol. The minimum Gasteiger partial charge on any atom is -0.404 e. The molecule has 0 spiro atoms. The van der Waals surface area contributed by atoms with Crippen molar-refractivity contribution in [1.82, 2.24) is 0 Å². The molecule has 6 heteroatoms. The van der Waals surface area contributed by atoms with Gasteiger partial charge in [-0.25, -0.2) is 4.57 Å². The van der Waals surface area contributed by atoms with E-state index >= 15 is 0 Å². The standard InChI is InChI=1S/C15H25O4P.Al.3H/c1-2-3-4-5-6-7-8-11-14-12-9-10-13-15(14)19-20(16,17)18;;;;/h9-10,12-13H,2-8,11H2,1H3,(H2,16,17,18);;;;. The quantitative estimate of drug-likeness (QED) is 0.392. The number of unbranched alkanes of at least 4 members (excludes halogenated alkanes) is 6. The van der Waals surface area contributed by atoms with Crippen LogP contribution in [-0.2, 0) is 11.0 Å². The molecule has 0 aliphatic heterocycles. The zero-order valence-electron chi connectivity index (χ0n) is 12.1. The van der Waals surface area contributed by atoms with Gasteiger partial charge in [0.25, 0.3) is 0 Å². The molecule has 0 radical (unpaired) electrons. The monoisotopic (exact) mass is 330 g/mol. The molecule has 0 amide bonds. The summed E-state index contributed by atoms with van der Waals surface area (Å²) < 4.78 is 15.6. The Balaban J connectivity index is 0.00000400. The lowest BCUT2D eigenvalue weighted by Crippen LogP contribution is -1.95. The van der Waals surface area contributed by atoms with Gasteiger partial charge in [0.15, 0.2) is 17.4 Å². The third kappa shape index (κ3) is 10.1. The number of phosphoric acid groups is 1. The molecular formula is C15H28AlO4P. The Hall–Kier alpha value is -0.298. The lowest BCUT2D eigenvalue weighted by Gasteiger charge is -2.11. The molecule has 0 bridgehead atoms. The summed E-state index contributed by atoms with van der Waals surface area (Å²) in [7, 11) is -4.47. The van der Waals surface area contributed by atoms with E-state index in [-0.39, 0.29) is 17.4 Å². The minimum atomic E-state index is -4.47. The maximum Gasteiger partial charge on any atom is 0.524 e. The molecule has 1 aromatic carbocycles. The SMILES string of the molecule is CCCCCCCCCc1ccccc1OP(=O)(O)O.[AlH3]. The number of hydrogen-bond donors (Lipinski definition) is 2. The van der Waals surface area contributed by atoms with Gasteiger partial charge in [0.05, 0.1) is 0 Å². The first-order valence-corrected chi connectivity index (χ1v) is 8.89. The Morgan fingerprint density at radius 1 is 1.00 bits per heavy atom. The largest absolute Gasteiger partial charge is 0.524 e. The summed E-state index contributed by atoms with van der Waals surface area (Å²) in [6.45, 7) is 2.21. The van der Waals surface area contributed by atoms with Crippen LogP contribution in [0.2, 0.25) is 0 Å². The molecule has 120 valence electrons. The van der Waals surface area contributed by atoms with Gasteiger partial charge in [-0.1, -0.05) is 63.6 Å². The van der Waals surface area contributed by atoms with Crippen molar-refractivity contribution >= 4 is 25.2 Å². The first kappa shape index (κ1) is 20.7. The number of aryl methyl sites for hydroxylation is 1. The minimum absolute atomic E-state index is 0. The highest BCUT2D eigenvalue weighted by molar-refractivity contribution is 7.46. The molecular weight excluding hydrogens is 302 g/mol. The Kier molecular flexibility index (Phi) is 11.1. The summed E-state index contributed by atoms with van der Waals surface area (Å²) in [5.41, 5.74) is 0.865. The van der Waals surface area contributed by atoms with Gasteiger partial charge < -0.3 is 4.52 Å². The molecule has 0 heterocycles. The van der Waals surface area contributed by atoms with E-state index in [0.717, 1.165) is 24.8 Å². The van der Waals surface area contributed by atoms with E-state index in [9.17, 15) is 4.57 Å². The molecule has 0 fully saturated rings. The van der Waals surface area contributed by atoms with E-state index in [1.54, 1.807) is 12.1 Å². The summed E-state index contributed by atoms with van der Waals surface area (Å²) in [5.74, 6) is 0.298. The van der Waals surface area contributed by atoms with Crippen LogP contribution in [0.5, 0.6) is 5.75 Å². The van der Waals surface area contributed by atoms with Gasteiger partial charge in [-0.15, -0.1) is 0 Å². The van der Waals surface area contributed by atoms with Crippen LogP contribution in [0.1, 0.15) is 57.4 Å². The number of rotatable bonds is 10. The second-order valence-corrected chi connectivity index (χ2v) is 6.22. The van der Waals surface area contributed by atoms with Gasteiger partial charge in [-0.2, -0.15) is 0 Å². The number of hydrogen-bond acceptors (Lipinski definition) is 2. The Bertz CT molecular complexity index is 433. The molecule has 0 saturated carbocycles. The molecule has 0 unspecified atom stereocenters. The van der Waals surface area contributed by atoms with Gasteiger partial charge in [-0.05, 0) is 24.5 Å². The van der Waals surface area contributed by atoms with Crippen molar-refractivity contribution in [2.45, 2.75) is 58.3 Å². The molecule has 1 aromatic rings. The topological polar surface area (TPSA) is 66.8 Å². The van der Waals surface area contributed by atoms with Crippen molar-refractivity contribution in [1.29, 1.82) is 0 Å². The summed E-state index contributed by atoms with van der Waals surface area (Å²) in [6, 6.07) is 7.06. The normalized spacial score (nSPS) is 11.0. The average molecular weight is 330 g/mol. The van der Waals surface area contributed by atoms with Gasteiger partial charge in [0, 0.05) is 0 Å². The second kappa shape index (κ2) is 11.3. The van der Waals surface area contributed by atoms with Crippen LogP contribution >= 0.6 is 7.82 Å².